The van der Waals surface area contributed by atoms with Crippen molar-refractivity contribution in [3.05, 3.63) is 52.2 Å². The van der Waals surface area contributed by atoms with E-state index in [9.17, 15) is 14.4 Å². The molecular weight excluding hydrogens is 749 g/mol. The summed E-state index contributed by atoms with van der Waals surface area (Å²) in [5.74, 6) is -0.164. The Balaban J connectivity index is 1.23. The van der Waals surface area contributed by atoms with Crippen LogP contribution in [0.3, 0.4) is 0 Å². The number of fused-ring (bicyclic) bond motifs is 7. The van der Waals surface area contributed by atoms with Gasteiger partial charge in [0.1, 0.15) is 17.2 Å². The van der Waals surface area contributed by atoms with E-state index in [1.165, 1.54) is 19.8 Å². The lowest BCUT2D eigenvalue weighted by Crippen LogP contribution is -2.66. The van der Waals surface area contributed by atoms with Crippen molar-refractivity contribution >= 4 is 34.4 Å². The third kappa shape index (κ3) is 4.44. The van der Waals surface area contributed by atoms with Gasteiger partial charge in [-0.05, 0) is 74.8 Å². The van der Waals surface area contributed by atoms with Crippen molar-refractivity contribution in [2.75, 3.05) is 60.0 Å². The van der Waals surface area contributed by atoms with Crippen molar-refractivity contribution in [3.63, 3.8) is 0 Å². The number of aromatic nitrogens is 1. The molecule has 1 amide bonds. The fourth-order valence-electron chi connectivity index (χ4n) is 14.3. The predicted molar refractivity (Wildman–Crippen MR) is 223 cm³/mol. The van der Waals surface area contributed by atoms with Crippen LogP contribution in [0.5, 0.6) is 11.5 Å². The van der Waals surface area contributed by atoms with Gasteiger partial charge in [-0.1, -0.05) is 25.5 Å². The number of piperidine rings is 1. The number of carbonyl (C=O) groups excluding carboxylic acids is 3. The Morgan fingerprint density at radius 3 is 2.37 bits per heavy atom. The summed E-state index contributed by atoms with van der Waals surface area (Å²) in [5, 5.41) is 0.917. The smallest absolute Gasteiger partial charge is 0.313 e. The number of ether oxygens (including phenoxy) is 5. The molecule has 1 unspecified atom stereocenters. The zero-order chi connectivity index (χ0) is 41.8. The number of benzene rings is 2. The van der Waals surface area contributed by atoms with Gasteiger partial charge in [-0.3, -0.25) is 19.3 Å². The van der Waals surface area contributed by atoms with E-state index in [0.29, 0.717) is 18.0 Å². The number of methoxy groups -OCH3 is 4. The van der Waals surface area contributed by atoms with Crippen LogP contribution in [0.4, 0.5) is 5.69 Å². The molecule has 12 nitrogen and oxygen atoms in total. The van der Waals surface area contributed by atoms with E-state index in [-0.39, 0.29) is 65.7 Å². The first-order valence-corrected chi connectivity index (χ1v) is 21.5. The van der Waals surface area contributed by atoms with Crippen molar-refractivity contribution in [2.24, 2.45) is 36.6 Å². The maximum Gasteiger partial charge on any atom is 0.313 e. The van der Waals surface area contributed by atoms with Crippen molar-refractivity contribution < 1.29 is 38.1 Å². The first-order chi connectivity index (χ1) is 28.3. The highest BCUT2D eigenvalue weighted by Crippen LogP contribution is 2.71. The predicted octanol–water partition coefficient (Wildman–Crippen LogP) is 6.25. The summed E-state index contributed by atoms with van der Waals surface area (Å²) in [6.45, 7) is 12.5. The van der Waals surface area contributed by atoms with E-state index in [4.69, 9.17) is 23.7 Å². The molecule has 2 aliphatic carbocycles. The number of hydrogen-bond donors (Lipinski definition) is 0. The number of anilines is 1. The molecule has 1 spiro atoms. The molecular formula is C47H58N4O8. The van der Waals surface area contributed by atoms with Gasteiger partial charge >= 0.3 is 11.9 Å². The lowest BCUT2D eigenvalue weighted by Gasteiger charge is -2.54. The van der Waals surface area contributed by atoms with Gasteiger partial charge in [0.2, 0.25) is 5.91 Å². The number of esters is 2. The maximum atomic E-state index is 14.2. The SMILES string of the molecule is C/C=C1/CN2CC[C@@]34c5cc(OC)c(-c6cc7c8c(n(C)c7cc6OC)[C@@H]6[C@H]7O[C@@H](C)[C@@H](CN6C(=O)C(C)C)[C@H]7[C@H]8C(=O)OC)c(C)c5N(C)[C@]23CC[C@@H]1[C@H]4C(=O)OC. The third-order valence-corrected chi connectivity index (χ3v) is 16.5. The van der Waals surface area contributed by atoms with Crippen LogP contribution in [-0.4, -0.2) is 105 Å². The molecule has 1 saturated carbocycles. The zero-order valence-electron chi connectivity index (χ0n) is 36.3. The normalized spacial score (nSPS) is 35.2. The van der Waals surface area contributed by atoms with E-state index in [1.54, 1.807) is 14.2 Å². The fourth-order valence-corrected chi connectivity index (χ4v) is 14.3. The molecule has 6 aliphatic heterocycles. The highest BCUT2D eigenvalue weighted by atomic mass is 16.5. The van der Waals surface area contributed by atoms with E-state index < -0.39 is 17.0 Å². The number of aryl methyl sites for hydroxylation is 1. The number of allylic oxidation sites excluding steroid dienone is 1. The van der Waals surface area contributed by atoms with E-state index in [2.05, 4.69) is 66.5 Å². The second-order valence-electron chi connectivity index (χ2n) is 18.6. The first-order valence-electron chi connectivity index (χ1n) is 21.5. The lowest BCUT2D eigenvalue weighted by molar-refractivity contribution is -0.154. The monoisotopic (exact) mass is 806 g/mol. The summed E-state index contributed by atoms with van der Waals surface area (Å²) in [5.41, 5.74) is 8.18. The van der Waals surface area contributed by atoms with E-state index in [0.717, 1.165) is 82.5 Å². The number of carbonyl (C=O) groups is 3. The average Bonchev–Trinajstić information content (AvgIpc) is 3.80. The zero-order valence-corrected chi connectivity index (χ0v) is 36.3. The first kappa shape index (κ1) is 38.6. The van der Waals surface area contributed by atoms with Gasteiger partial charge in [0.05, 0.1) is 64.0 Å². The molecule has 0 N–H and O–H groups in total. The van der Waals surface area contributed by atoms with Crippen molar-refractivity contribution in [1.29, 1.82) is 0 Å². The van der Waals surface area contributed by atoms with Gasteiger partial charge in [0.25, 0.3) is 0 Å². The van der Waals surface area contributed by atoms with Crippen LogP contribution in [0.25, 0.3) is 22.0 Å². The molecule has 2 aromatic carbocycles. The van der Waals surface area contributed by atoms with Crippen molar-refractivity contribution in [3.8, 4) is 22.6 Å². The Hall–Kier alpha value is -4.55. The molecule has 3 aromatic rings. The Kier molecular flexibility index (Phi) is 8.50. The Labute approximate surface area is 346 Å². The molecule has 7 heterocycles. The van der Waals surface area contributed by atoms with Gasteiger partial charge in [0, 0.05) is 90.9 Å². The molecule has 6 fully saturated rings. The molecule has 0 radical (unpaired) electrons. The Bertz CT molecular complexity index is 2380. The number of nitrogens with zero attached hydrogens (tertiary/aromatic N) is 4. The number of amides is 1. The van der Waals surface area contributed by atoms with Gasteiger partial charge in [0.15, 0.2) is 0 Å². The summed E-state index contributed by atoms with van der Waals surface area (Å²) < 4.78 is 32.9. The summed E-state index contributed by atoms with van der Waals surface area (Å²) in [6, 6.07) is 6.08. The van der Waals surface area contributed by atoms with Crippen molar-refractivity contribution in [2.45, 2.75) is 89.1 Å². The van der Waals surface area contributed by atoms with Crippen LogP contribution in [0.2, 0.25) is 0 Å². The fraction of sp³-hybridized carbons (Fsp3) is 0.596. The largest absolute Gasteiger partial charge is 0.496 e. The molecule has 12 heteroatoms. The van der Waals surface area contributed by atoms with Gasteiger partial charge < -0.3 is 38.1 Å². The number of hydrogen-bond acceptors (Lipinski definition) is 10. The highest BCUT2D eigenvalue weighted by molar-refractivity contribution is 6.00. The number of likely N-dealkylation sites (N-methyl/N-ethyl adjacent to an activating group) is 1. The average molecular weight is 807 g/mol. The summed E-state index contributed by atoms with van der Waals surface area (Å²) in [6.07, 6.45) is 4.47. The highest BCUT2D eigenvalue weighted by Gasteiger charge is 2.76. The van der Waals surface area contributed by atoms with E-state index in [1.807, 2.05) is 25.8 Å². The van der Waals surface area contributed by atoms with Crippen LogP contribution in [0.1, 0.15) is 81.3 Å². The molecule has 8 aliphatic rings. The molecule has 8 bridgehead atoms. The van der Waals surface area contributed by atoms with Gasteiger partial charge in [-0.2, -0.15) is 0 Å². The molecule has 314 valence electrons. The minimum Gasteiger partial charge on any atom is -0.496 e. The van der Waals surface area contributed by atoms with Crippen molar-refractivity contribution in [1.82, 2.24) is 14.4 Å². The van der Waals surface area contributed by atoms with Crippen LogP contribution in [0.15, 0.2) is 29.8 Å². The second-order valence-corrected chi connectivity index (χ2v) is 18.6. The second kappa shape index (κ2) is 13.0. The molecule has 59 heavy (non-hydrogen) atoms. The summed E-state index contributed by atoms with van der Waals surface area (Å²) in [4.78, 5) is 49.5. The van der Waals surface area contributed by atoms with Gasteiger partial charge in [-0.25, -0.2) is 0 Å². The number of likely N-dealkylation sites (tertiary alicyclic amines) is 1. The number of rotatable bonds is 6. The standard InChI is InChI=1S/C47H58N4O8/c1-12-25-20-50-16-15-46-30-18-33(56-9)34(23(4)39(30)49(7)47(46,50)14-13-26(25)38(46)45(54)58-11)28-17-27-31(19-32(28)55-8)48(6)40-35(27)37(44(53)57-10)36-29-21-51(43(52)22(2)3)41(40)42(36)59-24(29)5/h12,17-19,22,24,26,29,36-38,41-42H,13-16,20-21H2,1-11H3/b25-12-/t24-,26-,29+,36-,37-,38-,41+,42-,46-,47+/m0/s1. The lowest BCUT2D eigenvalue weighted by atomic mass is 9.54. The topological polar surface area (TPSA) is 112 Å². The summed E-state index contributed by atoms with van der Waals surface area (Å²) >= 11 is 0. The van der Waals surface area contributed by atoms with Crippen LogP contribution in [0, 0.1) is 36.5 Å². The van der Waals surface area contributed by atoms with Crippen LogP contribution >= 0.6 is 0 Å². The molecule has 11 atom stereocenters. The van der Waals surface area contributed by atoms with Gasteiger partial charge in [-0.15, -0.1) is 0 Å². The van der Waals surface area contributed by atoms with E-state index >= 15 is 0 Å². The quantitative estimate of drug-likeness (QED) is 0.210. The molecule has 11 rings (SSSR count). The van der Waals surface area contributed by atoms with Crippen LogP contribution in [-0.2, 0) is 41.1 Å². The molecule has 1 aromatic heterocycles. The minimum atomic E-state index is -0.580. The Morgan fingerprint density at radius 1 is 0.983 bits per heavy atom. The third-order valence-electron chi connectivity index (χ3n) is 16.5. The molecule has 5 saturated heterocycles. The summed E-state index contributed by atoms with van der Waals surface area (Å²) in [7, 11) is 10.6. The maximum absolute atomic E-state index is 14.2. The minimum absolute atomic E-state index is 0.0239. The van der Waals surface area contributed by atoms with Crippen LogP contribution < -0.4 is 14.4 Å². The Morgan fingerprint density at radius 2 is 1.71 bits per heavy atom.